The van der Waals surface area contributed by atoms with Crippen molar-refractivity contribution in [2.75, 3.05) is 39.3 Å². The van der Waals surface area contributed by atoms with Gasteiger partial charge in [-0.1, -0.05) is 6.92 Å². The quantitative estimate of drug-likeness (QED) is 0.787. The van der Waals surface area contributed by atoms with Crippen molar-refractivity contribution in [3.8, 4) is 0 Å². The summed E-state index contributed by atoms with van der Waals surface area (Å²) in [5, 5.41) is 9.15. The zero-order valence-corrected chi connectivity index (χ0v) is 13.1. The zero-order chi connectivity index (χ0) is 15.3. The molecule has 0 aromatic rings. The molecule has 118 valence electrons. The number of amides is 1. The lowest BCUT2D eigenvalue weighted by Gasteiger charge is -2.42. The summed E-state index contributed by atoms with van der Waals surface area (Å²) < 4.78 is 5.40. The van der Waals surface area contributed by atoms with E-state index in [4.69, 9.17) is 15.6 Å². The molecule has 0 bridgehead atoms. The van der Waals surface area contributed by atoms with Crippen molar-refractivity contribution in [2.24, 2.45) is 11.7 Å². The van der Waals surface area contributed by atoms with Gasteiger partial charge >= 0.3 is 6.09 Å². The molecule has 1 aliphatic rings. The van der Waals surface area contributed by atoms with Crippen molar-refractivity contribution in [3.05, 3.63) is 0 Å². The van der Waals surface area contributed by atoms with E-state index in [0.29, 0.717) is 19.6 Å². The fourth-order valence-electron chi connectivity index (χ4n) is 2.31. The molecular formula is C14H29N3O3. The molecule has 20 heavy (non-hydrogen) atoms. The van der Waals surface area contributed by atoms with E-state index in [-0.39, 0.29) is 24.7 Å². The minimum Gasteiger partial charge on any atom is -0.444 e. The van der Waals surface area contributed by atoms with Crippen LogP contribution in [0.5, 0.6) is 0 Å². The van der Waals surface area contributed by atoms with E-state index in [1.54, 1.807) is 4.90 Å². The number of piperazine rings is 1. The summed E-state index contributed by atoms with van der Waals surface area (Å²) in [4.78, 5) is 16.0. The Morgan fingerprint density at radius 1 is 1.45 bits per heavy atom. The van der Waals surface area contributed by atoms with Crippen LogP contribution in [0.25, 0.3) is 0 Å². The van der Waals surface area contributed by atoms with Crippen LogP contribution in [0.4, 0.5) is 4.79 Å². The molecule has 3 N–H and O–H groups in total. The average Bonchev–Trinajstić information content (AvgIpc) is 2.36. The number of hydrogen-bond donors (Lipinski definition) is 2. The van der Waals surface area contributed by atoms with Crippen molar-refractivity contribution < 1.29 is 14.6 Å². The van der Waals surface area contributed by atoms with Gasteiger partial charge in [0.15, 0.2) is 0 Å². The summed E-state index contributed by atoms with van der Waals surface area (Å²) >= 11 is 0. The topological polar surface area (TPSA) is 79.0 Å². The summed E-state index contributed by atoms with van der Waals surface area (Å²) in [6, 6.07) is 0.130. The Labute approximate surface area is 121 Å². The van der Waals surface area contributed by atoms with E-state index in [0.717, 1.165) is 13.1 Å². The van der Waals surface area contributed by atoms with Crippen LogP contribution in [0.15, 0.2) is 0 Å². The molecule has 2 atom stereocenters. The number of nitrogens with zero attached hydrogens (tertiary/aromatic N) is 2. The molecule has 1 aliphatic heterocycles. The van der Waals surface area contributed by atoms with E-state index in [9.17, 15) is 4.79 Å². The first kappa shape index (κ1) is 17.2. The molecule has 0 saturated carbocycles. The number of nitrogens with two attached hydrogens (primary N) is 1. The van der Waals surface area contributed by atoms with Crippen LogP contribution in [0.1, 0.15) is 27.7 Å². The lowest BCUT2D eigenvalue weighted by molar-refractivity contribution is 0.00147. The molecule has 0 aromatic carbocycles. The van der Waals surface area contributed by atoms with Crippen LogP contribution in [-0.2, 0) is 4.74 Å². The Hall–Kier alpha value is -0.850. The molecule has 0 aliphatic carbocycles. The zero-order valence-electron chi connectivity index (χ0n) is 13.1. The first-order valence-electron chi connectivity index (χ1n) is 7.29. The van der Waals surface area contributed by atoms with Gasteiger partial charge < -0.3 is 20.5 Å². The second-order valence-corrected chi connectivity index (χ2v) is 6.60. The molecule has 1 fully saturated rings. The maximum atomic E-state index is 12.1. The predicted octanol–water partition coefficient (Wildman–Crippen LogP) is 0.495. The maximum absolute atomic E-state index is 12.1. The van der Waals surface area contributed by atoms with Crippen molar-refractivity contribution in [1.29, 1.82) is 0 Å². The van der Waals surface area contributed by atoms with Gasteiger partial charge in [-0.25, -0.2) is 4.79 Å². The predicted molar refractivity (Wildman–Crippen MR) is 78.5 cm³/mol. The Bertz CT molecular complexity index is 317. The largest absolute Gasteiger partial charge is 0.444 e. The van der Waals surface area contributed by atoms with Crippen LogP contribution < -0.4 is 5.73 Å². The van der Waals surface area contributed by atoms with Crippen molar-refractivity contribution in [2.45, 2.75) is 39.3 Å². The van der Waals surface area contributed by atoms with Gasteiger partial charge in [-0.2, -0.15) is 0 Å². The van der Waals surface area contributed by atoms with E-state index >= 15 is 0 Å². The van der Waals surface area contributed by atoms with Crippen LogP contribution in [0, 0.1) is 5.92 Å². The summed E-state index contributed by atoms with van der Waals surface area (Å²) in [5.41, 5.74) is 5.34. The highest BCUT2D eigenvalue weighted by molar-refractivity contribution is 5.68. The standard InChI is InChI=1S/C14H29N3O3/c1-11(10-18)8-16-5-6-17(9-12(16)7-15)13(19)20-14(2,3)4/h11-12,18H,5-10,15H2,1-4H3. The highest BCUT2D eigenvalue weighted by atomic mass is 16.6. The maximum Gasteiger partial charge on any atom is 0.410 e. The highest BCUT2D eigenvalue weighted by Gasteiger charge is 2.31. The van der Waals surface area contributed by atoms with E-state index in [1.807, 2.05) is 27.7 Å². The Morgan fingerprint density at radius 2 is 2.10 bits per heavy atom. The summed E-state index contributed by atoms with van der Waals surface area (Å²) in [5.74, 6) is 0.220. The van der Waals surface area contributed by atoms with Crippen LogP contribution in [0.3, 0.4) is 0 Å². The van der Waals surface area contributed by atoms with Gasteiger partial charge in [-0.15, -0.1) is 0 Å². The van der Waals surface area contributed by atoms with Gasteiger partial charge in [0.25, 0.3) is 0 Å². The van der Waals surface area contributed by atoms with Gasteiger partial charge in [-0.3, -0.25) is 4.90 Å². The number of ether oxygens (including phenoxy) is 1. The number of carbonyl (C=O) groups excluding carboxylic acids is 1. The summed E-state index contributed by atoms with van der Waals surface area (Å²) in [6.45, 7) is 11.1. The lowest BCUT2D eigenvalue weighted by atomic mass is 10.1. The number of rotatable bonds is 4. The van der Waals surface area contributed by atoms with E-state index in [1.165, 1.54) is 0 Å². The first-order chi connectivity index (χ1) is 9.26. The number of aliphatic hydroxyl groups excluding tert-OH is 1. The molecule has 0 spiro atoms. The molecule has 1 saturated heterocycles. The monoisotopic (exact) mass is 287 g/mol. The Balaban J connectivity index is 2.56. The SMILES string of the molecule is CC(CO)CN1CCN(C(=O)OC(C)(C)C)CC1CN. The molecule has 0 radical (unpaired) electrons. The van der Waals surface area contributed by atoms with Gasteiger partial charge in [0.1, 0.15) is 5.60 Å². The minimum absolute atomic E-state index is 0.130. The molecule has 6 nitrogen and oxygen atoms in total. The number of aliphatic hydroxyl groups is 1. The van der Waals surface area contributed by atoms with E-state index < -0.39 is 5.60 Å². The second-order valence-electron chi connectivity index (χ2n) is 6.60. The van der Waals surface area contributed by atoms with Crippen molar-refractivity contribution in [3.63, 3.8) is 0 Å². The summed E-state index contributed by atoms with van der Waals surface area (Å²) in [7, 11) is 0. The van der Waals surface area contributed by atoms with Crippen molar-refractivity contribution in [1.82, 2.24) is 9.80 Å². The van der Waals surface area contributed by atoms with Gasteiger partial charge in [0.05, 0.1) is 0 Å². The number of carbonyl (C=O) groups is 1. The first-order valence-corrected chi connectivity index (χ1v) is 7.29. The Kier molecular flexibility index (Phi) is 6.23. The molecule has 1 rings (SSSR count). The van der Waals surface area contributed by atoms with Gasteiger partial charge in [-0.05, 0) is 26.7 Å². The normalized spacial score (nSPS) is 22.7. The molecule has 2 unspecified atom stereocenters. The van der Waals surface area contributed by atoms with Crippen LogP contribution >= 0.6 is 0 Å². The average molecular weight is 287 g/mol. The summed E-state index contributed by atoms with van der Waals surface area (Å²) in [6.07, 6.45) is -0.272. The second kappa shape index (κ2) is 7.24. The number of hydrogen-bond acceptors (Lipinski definition) is 5. The Morgan fingerprint density at radius 3 is 2.60 bits per heavy atom. The van der Waals surface area contributed by atoms with Gasteiger partial charge in [0, 0.05) is 45.4 Å². The minimum atomic E-state index is -0.474. The molecule has 1 heterocycles. The highest BCUT2D eigenvalue weighted by Crippen LogP contribution is 2.15. The van der Waals surface area contributed by atoms with Crippen LogP contribution in [-0.4, -0.2) is 72.0 Å². The smallest absolute Gasteiger partial charge is 0.410 e. The molecule has 6 heteroatoms. The molecule has 0 aromatic heterocycles. The fourth-order valence-corrected chi connectivity index (χ4v) is 2.31. The molecular weight excluding hydrogens is 258 g/mol. The van der Waals surface area contributed by atoms with Crippen LogP contribution in [0.2, 0.25) is 0 Å². The fraction of sp³-hybridized carbons (Fsp3) is 0.929. The third-order valence-electron chi connectivity index (χ3n) is 3.39. The third kappa shape index (κ3) is 5.26. The van der Waals surface area contributed by atoms with Gasteiger partial charge in [0.2, 0.25) is 0 Å². The third-order valence-corrected chi connectivity index (χ3v) is 3.39. The van der Waals surface area contributed by atoms with Crippen molar-refractivity contribution >= 4 is 6.09 Å². The van der Waals surface area contributed by atoms with E-state index in [2.05, 4.69) is 4.90 Å². The molecule has 1 amide bonds. The lowest BCUT2D eigenvalue weighted by Crippen LogP contribution is -2.58.